The van der Waals surface area contributed by atoms with Crippen molar-refractivity contribution < 1.29 is 18.0 Å². The molecule has 2 aromatic rings. The molecule has 36 heavy (non-hydrogen) atoms. The van der Waals surface area contributed by atoms with Gasteiger partial charge in [-0.2, -0.15) is 0 Å². The van der Waals surface area contributed by atoms with Crippen LogP contribution in [0.25, 0.3) is 0 Å². The van der Waals surface area contributed by atoms with Crippen LogP contribution >= 0.6 is 39.1 Å². The highest BCUT2D eigenvalue weighted by atomic mass is 79.9. The number of amides is 2. The number of halogens is 3. The van der Waals surface area contributed by atoms with Crippen LogP contribution in [0.3, 0.4) is 0 Å². The first kappa shape index (κ1) is 30.4. The van der Waals surface area contributed by atoms with Gasteiger partial charge in [0.05, 0.1) is 11.9 Å². The molecule has 0 fully saturated rings. The smallest absolute Gasteiger partial charge is 0.244 e. The molecule has 0 saturated heterocycles. The van der Waals surface area contributed by atoms with Crippen LogP contribution in [-0.2, 0) is 26.2 Å². The van der Waals surface area contributed by atoms with Gasteiger partial charge in [0.1, 0.15) is 12.6 Å². The van der Waals surface area contributed by atoms with Gasteiger partial charge in [0.2, 0.25) is 21.8 Å². The zero-order valence-electron chi connectivity index (χ0n) is 21.0. The Morgan fingerprint density at radius 2 is 1.72 bits per heavy atom. The summed E-state index contributed by atoms with van der Waals surface area (Å²) >= 11 is 16.2. The lowest BCUT2D eigenvalue weighted by Crippen LogP contribution is -2.52. The Kier molecular flexibility index (Phi) is 11.1. The molecule has 2 amide bonds. The van der Waals surface area contributed by atoms with E-state index in [0.717, 1.165) is 20.6 Å². The van der Waals surface area contributed by atoms with Crippen LogP contribution in [0.15, 0.2) is 40.9 Å². The quantitative estimate of drug-likeness (QED) is 0.364. The minimum Gasteiger partial charge on any atom is -0.354 e. The summed E-state index contributed by atoms with van der Waals surface area (Å²) in [5, 5.41) is 3.57. The second-order valence-corrected chi connectivity index (χ2v) is 12.6. The van der Waals surface area contributed by atoms with Crippen molar-refractivity contribution in [1.29, 1.82) is 0 Å². The van der Waals surface area contributed by atoms with E-state index in [1.165, 1.54) is 4.90 Å². The number of nitrogens with one attached hydrogen (secondary N) is 1. The largest absolute Gasteiger partial charge is 0.354 e. The number of sulfonamides is 1. The van der Waals surface area contributed by atoms with Gasteiger partial charge in [-0.1, -0.05) is 66.0 Å². The minimum absolute atomic E-state index is 0.0537. The number of carbonyl (C=O) groups excluding carboxylic acids is 2. The third-order valence-corrected chi connectivity index (χ3v) is 8.31. The van der Waals surface area contributed by atoms with Gasteiger partial charge >= 0.3 is 0 Å². The minimum atomic E-state index is -3.82. The molecule has 0 bridgehead atoms. The Morgan fingerprint density at radius 3 is 2.22 bits per heavy atom. The average Bonchev–Trinajstić information content (AvgIpc) is 2.78. The van der Waals surface area contributed by atoms with E-state index in [1.807, 2.05) is 20.8 Å². The summed E-state index contributed by atoms with van der Waals surface area (Å²) < 4.78 is 27.3. The fourth-order valence-corrected chi connectivity index (χ4v) is 5.20. The van der Waals surface area contributed by atoms with Gasteiger partial charge in [-0.15, -0.1) is 0 Å². The topological polar surface area (TPSA) is 86.8 Å². The van der Waals surface area contributed by atoms with Crippen LogP contribution < -0.4 is 9.62 Å². The van der Waals surface area contributed by atoms with E-state index in [0.29, 0.717) is 34.3 Å². The summed E-state index contributed by atoms with van der Waals surface area (Å²) in [6.45, 7) is 7.46. The van der Waals surface area contributed by atoms with E-state index >= 15 is 0 Å². The van der Waals surface area contributed by atoms with Gasteiger partial charge < -0.3 is 10.2 Å². The predicted molar refractivity (Wildman–Crippen MR) is 150 cm³/mol. The SMILES string of the molecule is CC[C@@H](C(=O)NCC(C)C)N(Cc1c(Cl)cccc1Cl)C(=O)CN(c1ccc(Br)c(C)c1)S(C)(=O)=O. The highest BCUT2D eigenvalue weighted by Crippen LogP contribution is 2.28. The molecule has 198 valence electrons. The fraction of sp³-hybridized carbons (Fsp3) is 0.440. The molecule has 0 heterocycles. The number of rotatable bonds is 11. The van der Waals surface area contributed by atoms with Crippen molar-refractivity contribution in [3.05, 3.63) is 62.0 Å². The molecule has 2 rings (SSSR count). The van der Waals surface area contributed by atoms with Gasteiger partial charge in [-0.25, -0.2) is 8.42 Å². The molecule has 0 saturated carbocycles. The van der Waals surface area contributed by atoms with Crippen molar-refractivity contribution in [3.8, 4) is 0 Å². The summed E-state index contributed by atoms with van der Waals surface area (Å²) in [6.07, 6.45) is 1.35. The van der Waals surface area contributed by atoms with Gasteiger partial charge in [-0.05, 0) is 55.2 Å². The molecule has 0 aliphatic rings. The molecule has 0 aliphatic heterocycles. The number of hydrogen-bond donors (Lipinski definition) is 1. The van der Waals surface area contributed by atoms with Crippen molar-refractivity contribution in [2.75, 3.05) is 23.7 Å². The predicted octanol–water partition coefficient (Wildman–Crippen LogP) is 5.41. The molecule has 0 spiro atoms. The lowest BCUT2D eigenvalue weighted by atomic mass is 10.1. The van der Waals surface area contributed by atoms with Crippen LogP contribution in [-0.4, -0.2) is 50.5 Å². The van der Waals surface area contributed by atoms with E-state index in [9.17, 15) is 18.0 Å². The molecule has 7 nitrogen and oxygen atoms in total. The van der Waals surface area contributed by atoms with Crippen molar-refractivity contribution in [2.24, 2.45) is 5.92 Å². The number of hydrogen-bond acceptors (Lipinski definition) is 4. The molecule has 0 unspecified atom stereocenters. The maximum Gasteiger partial charge on any atom is 0.244 e. The van der Waals surface area contributed by atoms with Crippen LogP contribution in [0.4, 0.5) is 5.69 Å². The molecular weight excluding hydrogens is 589 g/mol. The first-order valence-corrected chi connectivity index (χ1v) is 14.9. The number of anilines is 1. The lowest BCUT2D eigenvalue weighted by Gasteiger charge is -2.33. The molecule has 0 aliphatic carbocycles. The van der Waals surface area contributed by atoms with Crippen LogP contribution in [0.2, 0.25) is 10.0 Å². The number of benzene rings is 2. The van der Waals surface area contributed by atoms with Crippen LogP contribution in [0.5, 0.6) is 0 Å². The maximum absolute atomic E-state index is 13.7. The Hall–Kier alpha value is -1.81. The number of nitrogens with zero attached hydrogens (tertiary/aromatic N) is 2. The molecule has 1 N–H and O–H groups in total. The molecule has 0 radical (unpaired) electrons. The Bertz CT molecular complexity index is 1190. The van der Waals surface area contributed by atoms with Gasteiger partial charge in [-0.3, -0.25) is 13.9 Å². The number of carbonyl (C=O) groups is 2. The third kappa shape index (κ3) is 8.10. The Morgan fingerprint density at radius 1 is 1.11 bits per heavy atom. The van der Waals surface area contributed by atoms with Crippen molar-refractivity contribution in [2.45, 2.75) is 46.7 Å². The zero-order chi connectivity index (χ0) is 27.2. The van der Waals surface area contributed by atoms with Crippen molar-refractivity contribution in [3.63, 3.8) is 0 Å². The summed E-state index contributed by atoms with van der Waals surface area (Å²) in [4.78, 5) is 28.2. The monoisotopic (exact) mass is 619 g/mol. The molecule has 1 atom stereocenters. The van der Waals surface area contributed by atoms with E-state index in [-0.39, 0.29) is 18.4 Å². The van der Waals surface area contributed by atoms with Crippen LogP contribution in [0, 0.1) is 12.8 Å². The van der Waals surface area contributed by atoms with Crippen LogP contribution in [0.1, 0.15) is 38.3 Å². The van der Waals surface area contributed by atoms with E-state index < -0.39 is 28.5 Å². The molecule has 0 aromatic heterocycles. The lowest BCUT2D eigenvalue weighted by molar-refractivity contribution is -0.140. The summed E-state index contributed by atoms with van der Waals surface area (Å²) in [7, 11) is -3.82. The molecular formula is C25H32BrCl2N3O4S. The van der Waals surface area contributed by atoms with E-state index in [4.69, 9.17) is 23.2 Å². The van der Waals surface area contributed by atoms with Crippen molar-refractivity contribution in [1.82, 2.24) is 10.2 Å². The highest BCUT2D eigenvalue weighted by molar-refractivity contribution is 9.10. The maximum atomic E-state index is 13.7. The van der Waals surface area contributed by atoms with Gasteiger partial charge in [0, 0.05) is 33.2 Å². The first-order valence-electron chi connectivity index (χ1n) is 11.5. The highest BCUT2D eigenvalue weighted by Gasteiger charge is 2.32. The summed E-state index contributed by atoms with van der Waals surface area (Å²) in [6, 6.07) is 9.17. The standard InChI is InChI=1S/C25H32BrCl2N3O4S/c1-6-23(25(33)29-13-16(2)3)30(14-19-21(27)8-7-9-22(19)28)24(32)15-31(36(5,34)35)18-10-11-20(26)17(4)12-18/h7-12,16,23H,6,13-15H2,1-5H3,(H,29,33)/t23-/m0/s1. The Labute approximate surface area is 232 Å². The average molecular weight is 621 g/mol. The second kappa shape index (κ2) is 13.1. The molecule has 2 aromatic carbocycles. The Balaban J connectivity index is 2.50. The van der Waals surface area contributed by atoms with Gasteiger partial charge in [0.25, 0.3) is 0 Å². The third-order valence-electron chi connectivity index (χ3n) is 5.57. The molecule has 11 heteroatoms. The summed E-state index contributed by atoms with van der Waals surface area (Å²) in [5.74, 6) is -0.661. The van der Waals surface area contributed by atoms with E-state index in [2.05, 4.69) is 21.2 Å². The number of aryl methyl sites for hydroxylation is 1. The zero-order valence-corrected chi connectivity index (χ0v) is 24.9. The van der Waals surface area contributed by atoms with Crippen molar-refractivity contribution >= 4 is 66.7 Å². The van der Waals surface area contributed by atoms with Gasteiger partial charge in [0.15, 0.2) is 0 Å². The summed E-state index contributed by atoms with van der Waals surface area (Å²) in [5.41, 5.74) is 1.64. The normalized spacial score (nSPS) is 12.4. The fourth-order valence-electron chi connectivity index (χ4n) is 3.59. The second-order valence-electron chi connectivity index (χ2n) is 8.99. The first-order chi connectivity index (χ1) is 16.8. The van der Waals surface area contributed by atoms with E-state index in [1.54, 1.807) is 43.3 Å².